The highest BCUT2D eigenvalue weighted by Gasteiger charge is 2.16. The van der Waals surface area contributed by atoms with Crippen LogP contribution in [-0.4, -0.2) is 37.2 Å². The third kappa shape index (κ3) is 6.08. The highest BCUT2D eigenvalue weighted by Crippen LogP contribution is 2.22. The number of aromatic amines is 2. The van der Waals surface area contributed by atoms with Crippen molar-refractivity contribution in [2.45, 2.75) is 9.79 Å². The van der Waals surface area contributed by atoms with Crippen LogP contribution in [0.3, 0.4) is 0 Å². The fourth-order valence-electron chi connectivity index (χ4n) is 3.71. The highest BCUT2D eigenvalue weighted by molar-refractivity contribution is 7.93. The van der Waals surface area contributed by atoms with Crippen molar-refractivity contribution in [1.29, 1.82) is 0 Å². The number of nitrogens with one attached hydrogen (secondary N) is 4. The van der Waals surface area contributed by atoms with Crippen molar-refractivity contribution in [3.8, 4) is 0 Å². The van der Waals surface area contributed by atoms with Crippen molar-refractivity contribution < 1.29 is 25.6 Å². The van der Waals surface area contributed by atoms with Gasteiger partial charge in [0.25, 0.3) is 20.0 Å². The van der Waals surface area contributed by atoms with Gasteiger partial charge in [0.2, 0.25) is 0 Å². The lowest BCUT2D eigenvalue weighted by molar-refractivity contribution is 0.599. The molecule has 0 aliphatic heterocycles. The molecule has 40 heavy (non-hydrogen) atoms. The van der Waals surface area contributed by atoms with Gasteiger partial charge in [-0.1, -0.05) is 12.1 Å². The maximum Gasteiger partial charge on any atom is 0.261 e. The molecule has 4 N–H and O–H groups in total. The van der Waals surface area contributed by atoms with Gasteiger partial charge >= 0.3 is 0 Å². The van der Waals surface area contributed by atoms with Crippen molar-refractivity contribution in [1.82, 2.24) is 20.4 Å². The van der Waals surface area contributed by atoms with Crippen LogP contribution in [0, 0.1) is 11.6 Å². The van der Waals surface area contributed by atoms with Crippen LogP contribution in [0.2, 0.25) is 0 Å². The van der Waals surface area contributed by atoms with Gasteiger partial charge in [-0.2, -0.15) is 10.2 Å². The Morgan fingerprint density at radius 1 is 0.575 bits per heavy atom. The molecule has 10 nitrogen and oxygen atoms in total. The summed E-state index contributed by atoms with van der Waals surface area (Å²) in [6.07, 6.45) is 3.08. The first kappa shape index (κ1) is 26.8. The summed E-state index contributed by atoms with van der Waals surface area (Å²) in [6, 6.07) is 19.7. The third-order valence-corrected chi connectivity index (χ3v) is 8.36. The van der Waals surface area contributed by atoms with Crippen molar-refractivity contribution >= 4 is 53.2 Å². The molecular formula is C26H20F2N6O4S2. The summed E-state index contributed by atoms with van der Waals surface area (Å²) in [5.41, 5.74) is 1.85. The molecule has 0 saturated carbocycles. The first-order chi connectivity index (χ1) is 19.1. The van der Waals surface area contributed by atoms with Crippen LogP contribution in [0.25, 0.3) is 21.8 Å². The average Bonchev–Trinajstić information content (AvgIpc) is 3.57. The summed E-state index contributed by atoms with van der Waals surface area (Å²) in [6.45, 7) is 0. The van der Waals surface area contributed by atoms with Crippen LogP contribution in [0.4, 0.5) is 20.2 Å². The number of nitrogens with zero attached hydrogens (tertiary/aromatic N) is 2. The minimum Gasteiger partial charge on any atom is -0.280 e. The molecule has 0 amide bonds. The molecule has 0 bridgehead atoms. The van der Waals surface area contributed by atoms with E-state index in [4.69, 9.17) is 0 Å². The normalized spacial score (nSPS) is 11.7. The van der Waals surface area contributed by atoms with Crippen LogP contribution < -0.4 is 9.44 Å². The lowest BCUT2D eigenvalue weighted by Crippen LogP contribution is -2.12. The van der Waals surface area contributed by atoms with E-state index in [1.165, 1.54) is 73.1 Å². The molecule has 0 aliphatic carbocycles. The van der Waals surface area contributed by atoms with Gasteiger partial charge < -0.3 is 0 Å². The molecule has 6 aromatic rings. The average molecular weight is 583 g/mol. The first-order valence-corrected chi connectivity index (χ1v) is 14.5. The topological polar surface area (TPSA) is 150 Å². The second kappa shape index (κ2) is 10.7. The maximum atomic E-state index is 13.1. The Labute approximate surface area is 227 Å². The van der Waals surface area contributed by atoms with E-state index in [0.717, 1.165) is 23.2 Å². The van der Waals surface area contributed by atoms with E-state index in [0.29, 0.717) is 10.8 Å². The molecule has 2 aromatic heterocycles. The summed E-state index contributed by atoms with van der Waals surface area (Å²) in [4.78, 5) is 0.186. The molecule has 0 unspecified atom stereocenters. The lowest BCUT2D eigenvalue weighted by atomic mass is 10.3. The Morgan fingerprint density at radius 3 is 1.40 bits per heavy atom. The largest absolute Gasteiger partial charge is 0.280 e. The van der Waals surface area contributed by atoms with Crippen LogP contribution in [-0.2, 0) is 20.0 Å². The predicted molar refractivity (Wildman–Crippen MR) is 147 cm³/mol. The van der Waals surface area contributed by atoms with E-state index in [9.17, 15) is 25.6 Å². The molecule has 14 heteroatoms. The van der Waals surface area contributed by atoms with Gasteiger partial charge in [-0.3, -0.25) is 19.6 Å². The van der Waals surface area contributed by atoms with Crippen LogP contribution in [0.15, 0.2) is 107 Å². The van der Waals surface area contributed by atoms with E-state index < -0.39 is 31.7 Å². The standard InChI is InChI=1S/2C13H10FN3O2S/c2*14-10-2-1-3-11(7-10)17-20(18,19)12-4-5-13-9(6-12)8-15-16-13/h2*1-8,17H,(H,15,16). The number of rotatable bonds is 6. The van der Waals surface area contributed by atoms with E-state index in [1.807, 2.05) is 0 Å². The summed E-state index contributed by atoms with van der Waals surface area (Å²) in [5.74, 6) is -1.01. The summed E-state index contributed by atoms with van der Waals surface area (Å²) >= 11 is 0. The Morgan fingerprint density at radius 2 is 1.00 bits per heavy atom. The number of anilines is 2. The van der Waals surface area contributed by atoms with Crippen molar-refractivity contribution in [3.05, 3.63) is 109 Å². The zero-order chi connectivity index (χ0) is 28.3. The molecular weight excluding hydrogens is 562 g/mol. The molecule has 0 aliphatic rings. The molecule has 204 valence electrons. The first-order valence-electron chi connectivity index (χ1n) is 11.5. The minimum atomic E-state index is -3.76. The molecule has 0 radical (unpaired) electrons. The molecule has 2 heterocycles. The Kier molecular flexibility index (Phi) is 7.19. The SMILES string of the molecule is O=S(=O)(Nc1cccc(F)c1)c1ccc2[nH]ncc2c1.O=S(=O)(Nc1cccc(F)c1)c1ccc2[nH]ncc2c1. The zero-order valence-corrected chi connectivity index (χ0v) is 22.0. The fourth-order valence-corrected chi connectivity index (χ4v) is 5.88. The number of benzene rings is 4. The molecule has 0 spiro atoms. The lowest BCUT2D eigenvalue weighted by Gasteiger charge is -2.08. The Bertz CT molecular complexity index is 1900. The Balaban J connectivity index is 0.000000161. The second-order valence-electron chi connectivity index (χ2n) is 8.47. The van der Waals surface area contributed by atoms with E-state index in [1.54, 1.807) is 12.1 Å². The molecule has 6 rings (SSSR count). The number of H-pyrrole nitrogens is 2. The van der Waals surface area contributed by atoms with Crippen molar-refractivity contribution in [2.24, 2.45) is 0 Å². The molecule has 0 fully saturated rings. The quantitative estimate of drug-likeness (QED) is 0.217. The van der Waals surface area contributed by atoms with E-state index in [2.05, 4.69) is 29.8 Å². The van der Waals surface area contributed by atoms with Gasteiger partial charge in [-0.05, 0) is 72.8 Å². The number of halogens is 2. The Hall–Kier alpha value is -4.82. The maximum absolute atomic E-state index is 13.1. The van der Waals surface area contributed by atoms with Gasteiger partial charge in [0, 0.05) is 10.8 Å². The van der Waals surface area contributed by atoms with Gasteiger partial charge in [-0.25, -0.2) is 25.6 Å². The van der Waals surface area contributed by atoms with Gasteiger partial charge in [0.05, 0.1) is 44.6 Å². The summed E-state index contributed by atoms with van der Waals surface area (Å²) in [5, 5.41) is 14.5. The number of hydrogen-bond donors (Lipinski definition) is 4. The second-order valence-corrected chi connectivity index (χ2v) is 11.8. The fraction of sp³-hybridized carbons (Fsp3) is 0. The van der Waals surface area contributed by atoms with Crippen LogP contribution in [0.1, 0.15) is 0 Å². The molecule has 4 aromatic carbocycles. The highest BCUT2D eigenvalue weighted by atomic mass is 32.2. The number of hydrogen-bond acceptors (Lipinski definition) is 6. The van der Waals surface area contributed by atoms with Gasteiger partial charge in [0.15, 0.2) is 0 Å². The predicted octanol–water partition coefficient (Wildman–Crippen LogP) is 5.01. The number of aromatic nitrogens is 4. The van der Waals surface area contributed by atoms with Crippen molar-refractivity contribution in [2.75, 3.05) is 9.44 Å². The summed E-state index contributed by atoms with van der Waals surface area (Å²) < 4.78 is 79.7. The van der Waals surface area contributed by atoms with E-state index in [-0.39, 0.29) is 21.2 Å². The van der Waals surface area contributed by atoms with Crippen LogP contribution >= 0.6 is 0 Å². The number of sulfonamides is 2. The zero-order valence-electron chi connectivity index (χ0n) is 20.3. The third-order valence-electron chi connectivity index (χ3n) is 5.60. The smallest absolute Gasteiger partial charge is 0.261 e. The molecule has 0 atom stereocenters. The van der Waals surface area contributed by atoms with Gasteiger partial charge in [0.1, 0.15) is 11.6 Å². The van der Waals surface area contributed by atoms with Crippen LogP contribution in [0.5, 0.6) is 0 Å². The monoisotopic (exact) mass is 582 g/mol. The molecule has 0 saturated heterocycles. The van der Waals surface area contributed by atoms with Gasteiger partial charge in [-0.15, -0.1) is 0 Å². The minimum absolute atomic E-state index is 0.0932. The van der Waals surface area contributed by atoms with Crippen molar-refractivity contribution in [3.63, 3.8) is 0 Å². The number of fused-ring (bicyclic) bond motifs is 2. The summed E-state index contributed by atoms with van der Waals surface area (Å²) in [7, 11) is -7.52. The van der Waals surface area contributed by atoms with E-state index >= 15 is 0 Å².